The normalized spacial score (nSPS) is 17.1. The Kier molecular flexibility index (Phi) is 3.58. The number of carbonyl (C=O) groups is 1. The number of nitrogens with zero attached hydrogens (tertiary/aromatic N) is 2. The smallest absolute Gasteiger partial charge is 0.332 e. The van der Waals surface area contributed by atoms with Gasteiger partial charge in [-0.1, -0.05) is 6.07 Å². The minimum Gasteiger partial charge on any atom is -0.479 e. The van der Waals surface area contributed by atoms with Crippen molar-refractivity contribution in [3.8, 4) is 0 Å². The van der Waals surface area contributed by atoms with Crippen molar-refractivity contribution in [2.24, 2.45) is 0 Å². The average Bonchev–Trinajstić information content (AvgIpc) is 2.83. The van der Waals surface area contributed by atoms with Gasteiger partial charge in [0.25, 0.3) is 0 Å². The third-order valence-electron chi connectivity index (χ3n) is 2.95. The molecule has 2 rings (SSSR count). The zero-order valence-corrected chi connectivity index (χ0v) is 9.54. The summed E-state index contributed by atoms with van der Waals surface area (Å²) in [6.07, 6.45) is 2.78. The standard InChI is InChI=1S/C12H16N2O3/c15-10(12(16)17)7-9-3-4-11(13-8-9)14-5-1-2-6-14/h3-4,8,10,15H,1-2,5-7H2,(H,16,17). The molecule has 1 aliphatic rings. The molecule has 1 atom stereocenters. The summed E-state index contributed by atoms with van der Waals surface area (Å²) in [7, 11) is 0. The van der Waals surface area contributed by atoms with Crippen molar-refractivity contribution in [2.45, 2.75) is 25.4 Å². The van der Waals surface area contributed by atoms with Crippen molar-refractivity contribution in [2.75, 3.05) is 18.0 Å². The number of aliphatic carboxylic acids is 1. The van der Waals surface area contributed by atoms with Crippen LogP contribution in [0.2, 0.25) is 0 Å². The molecule has 1 aromatic rings. The summed E-state index contributed by atoms with van der Waals surface area (Å²) in [5, 5.41) is 17.8. The van der Waals surface area contributed by atoms with Gasteiger partial charge < -0.3 is 15.1 Å². The third kappa shape index (κ3) is 2.94. The largest absolute Gasteiger partial charge is 0.479 e. The van der Waals surface area contributed by atoms with Gasteiger partial charge >= 0.3 is 5.97 Å². The molecule has 0 amide bonds. The van der Waals surface area contributed by atoms with Crippen LogP contribution in [-0.4, -0.2) is 40.4 Å². The molecule has 2 heterocycles. The van der Waals surface area contributed by atoms with Crippen molar-refractivity contribution < 1.29 is 15.0 Å². The summed E-state index contributed by atoms with van der Waals surface area (Å²) in [5.41, 5.74) is 0.739. The maximum absolute atomic E-state index is 10.5. The van der Waals surface area contributed by atoms with Gasteiger partial charge in [0.1, 0.15) is 5.82 Å². The number of anilines is 1. The molecule has 2 N–H and O–H groups in total. The van der Waals surface area contributed by atoms with E-state index in [9.17, 15) is 9.90 Å². The van der Waals surface area contributed by atoms with Crippen LogP contribution in [0.5, 0.6) is 0 Å². The average molecular weight is 236 g/mol. The van der Waals surface area contributed by atoms with Gasteiger partial charge in [0.2, 0.25) is 0 Å². The van der Waals surface area contributed by atoms with Gasteiger partial charge in [-0.2, -0.15) is 0 Å². The van der Waals surface area contributed by atoms with E-state index in [1.165, 1.54) is 12.8 Å². The molecule has 92 valence electrons. The van der Waals surface area contributed by atoms with E-state index in [4.69, 9.17) is 5.11 Å². The van der Waals surface area contributed by atoms with Gasteiger partial charge in [-0.05, 0) is 24.5 Å². The molecule has 0 aromatic carbocycles. The molecule has 1 saturated heterocycles. The predicted octanol–water partition coefficient (Wildman–Crippen LogP) is 0.670. The minimum absolute atomic E-state index is 0.0998. The zero-order chi connectivity index (χ0) is 12.3. The van der Waals surface area contributed by atoms with E-state index in [1.54, 1.807) is 6.20 Å². The van der Waals surface area contributed by atoms with Crippen molar-refractivity contribution in [3.05, 3.63) is 23.9 Å². The Morgan fingerprint density at radius 3 is 2.65 bits per heavy atom. The van der Waals surface area contributed by atoms with E-state index >= 15 is 0 Å². The summed E-state index contributed by atoms with van der Waals surface area (Å²) < 4.78 is 0. The molecule has 5 nitrogen and oxygen atoms in total. The van der Waals surface area contributed by atoms with Crippen LogP contribution in [0.25, 0.3) is 0 Å². The van der Waals surface area contributed by atoms with Crippen molar-refractivity contribution in [1.82, 2.24) is 4.98 Å². The first-order chi connectivity index (χ1) is 8.16. The molecule has 0 saturated carbocycles. The van der Waals surface area contributed by atoms with Crippen LogP contribution in [0.3, 0.4) is 0 Å². The summed E-state index contributed by atoms with van der Waals surface area (Å²) in [6, 6.07) is 3.71. The van der Waals surface area contributed by atoms with Crippen LogP contribution in [0.15, 0.2) is 18.3 Å². The molecule has 0 radical (unpaired) electrons. The second-order valence-electron chi connectivity index (χ2n) is 4.28. The van der Waals surface area contributed by atoms with Gasteiger partial charge in [-0.3, -0.25) is 0 Å². The van der Waals surface area contributed by atoms with E-state index in [1.807, 2.05) is 12.1 Å². The van der Waals surface area contributed by atoms with Gasteiger partial charge in [0.15, 0.2) is 6.10 Å². The minimum atomic E-state index is -1.35. The molecule has 0 spiro atoms. The van der Waals surface area contributed by atoms with Gasteiger partial charge in [-0.15, -0.1) is 0 Å². The maximum atomic E-state index is 10.5. The monoisotopic (exact) mass is 236 g/mol. The molecule has 17 heavy (non-hydrogen) atoms. The van der Waals surface area contributed by atoms with Crippen LogP contribution < -0.4 is 4.90 Å². The van der Waals surface area contributed by atoms with E-state index < -0.39 is 12.1 Å². The number of aliphatic hydroxyl groups is 1. The lowest BCUT2D eigenvalue weighted by Crippen LogP contribution is -2.22. The summed E-state index contributed by atoms with van der Waals surface area (Å²) in [6.45, 7) is 2.06. The van der Waals surface area contributed by atoms with Gasteiger partial charge in [0, 0.05) is 25.7 Å². The summed E-state index contributed by atoms with van der Waals surface area (Å²) in [5.74, 6) is -0.273. The maximum Gasteiger partial charge on any atom is 0.332 e. The summed E-state index contributed by atoms with van der Waals surface area (Å²) >= 11 is 0. The van der Waals surface area contributed by atoms with E-state index in [2.05, 4.69) is 9.88 Å². The van der Waals surface area contributed by atoms with Crippen molar-refractivity contribution in [3.63, 3.8) is 0 Å². The lowest BCUT2D eigenvalue weighted by atomic mass is 10.1. The number of carboxylic acids is 1. The topological polar surface area (TPSA) is 73.7 Å². The SMILES string of the molecule is O=C(O)C(O)Cc1ccc(N2CCCC2)nc1. The fourth-order valence-electron chi connectivity index (χ4n) is 1.98. The molecule has 1 fully saturated rings. The van der Waals surface area contributed by atoms with E-state index in [0.29, 0.717) is 0 Å². The molecule has 0 bridgehead atoms. The number of aromatic nitrogens is 1. The molecule has 1 aromatic heterocycles. The Morgan fingerprint density at radius 1 is 1.41 bits per heavy atom. The molecule has 1 aliphatic heterocycles. The van der Waals surface area contributed by atoms with Crippen molar-refractivity contribution in [1.29, 1.82) is 0 Å². The zero-order valence-electron chi connectivity index (χ0n) is 9.54. The number of rotatable bonds is 4. The molecular weight excluding hydrogens is 220 g/mol. The first kappa shape index (κ1) is 11.9. The van der Waals surface area contributed by atoms with Crippen LogP contribution in [0.4, 0.5) is 5.82 Å². The Hall–Kier alpha value is -1.62. The highest BCUT2D eigenvalue weighted by molar-refractivity contribution is 5.72. The second-order valence-corrected chi connectivity index (χ2v) is 4.28. The Labute approximate surface area is 99.7 Å². The Balaban J connectivity index is 2.00. The summed E-state index contributed by atoms with van der Waals surface area (Å²) in [4.78, 5) is 17.0. The van der Waals surface area contributed by atoms with Gasteiger partial charge in [-0.25, -0.2) is 9.78 Å². The molecule has 5 heteroatoms. The van der Waals surface area contributed by atoms with Crippen LogP contribution in [0.1, 0.15) is 18.4 Å². The Morgan fingerprint density at radius 2 is 2.12 bits per heavy atom. The second kappa shape index (κ2) is 5.14. The van der Waals surface area contributed by atoms with Crippen LogP contribution in [-0.2, 0) is 11.2 Å². The number of carboxylic acid groups (broad SMARTS) is 1. The van der Waals surface area contributed by atoms with Crippen molar-refractivity contribution >= 4 is 11.8 Å². The quantitative estimate of drug-likeness (QED) is 0.803. The van der Waals surface area contributed by atoms with Crippen LogP contribution in [0, 0.1) is 0 Å². The highest BCUT2D eigenvalue weighted by Crippen LogP contribution is 2.17. The fourth-order valence-corrected chi connectivity index (χ4v) is 1.98. The van der Waals surface area contributed by atoms with E-state index in [0.717, 1.165) is 24.5 Å². The van der Waals surface area contributed by atoms with E-state index in [-0.39, 0.29) is 6.42 Å². The number of aliphatic hydroxyl groups excluding tert-OH is 1. The van der Waals surface area contributed by atoms with Crippen LogP contribution >= 0.6 is 0 Å². The predicted molar refractivity (Wildman–Crippen MR) is 63.0 cm³/mol. The molecule has 0 aliphatic carbocycles. The lowest BCUT2D eigenvalue weighted by molar-refractivity contribution is -0.146. The highest BCUT2D eigenvalue weighted by atomic mass is 16.4. The lowest BCUT2D eigenvalue weighted by Gasteiger charge is -2.16. The third-order valence-corrected chi connectivity index (χ3v) is 2.95. The fraction of sp³-hybridized carbons (Fsp3) is 0.500. The Bertz CT molecular complexity index is 385. The number of pyridine rings is 1. The number of hydrogen-bond donors (Lipinski definition) is 2. The highest BCUT2D eigenvalue weighted by Gasteiger charge is 2.15. The first-order valence-corrected chi connectivity index (χ1v) is 5.77. The molecule has 1 unspecified atom stereocenters. The molecular formula is C12H16N2O3. The van der Waals surface area contributed by atoms with Gasteiger partial charge in [0.05, 0.1) is 0 Å². The number of hydrogen-bond acceptors (Lipinski definition) is 4. The first-order valence-electron chi connectivity index (χ1n) is 5.77.